The number of aromatic nitrogens is 5. The molecular formula is C15H23N7O2. The van der Waals surface area contributed by atoms with Gasteiger partial charge in [-0.05, 0) is 12.8 Å². The van der Waals surface area contributed by atoms with Crippen LogP contribution < -0.4 is 5.32 Å². The molecule has 24 heavy (non-hydrogen) atoms. The van der Waals surface area contributed by atoms with E-state index in [2.05, 4.69) is 34.3 Å². The highest BCUT2D eigenvalue weighted by atomic mass is 16.6. The molecule has 3 rings (SSSR count). The molecule has 2 aromatic heterocycles. The van der Waals surface area contributed by atoms with E-state index in [4.69, 9.17) is 0 Å². The van der Waals surface area contributed by atoms with Crippen molar-refractivity contribution < 1.29 is 4.92 Å². The van der Waals surface area contributed by atoms with E-state index < -0.39 is 0 Å². The average Bonchev–Trinajstić information content (AvgIpc) is 3.08. The second kappa shape index (κ2) is 6.21. The van der Waals surface area contributed by atoms with Gasteiger partial charge in [-0.1, -0.05) is 20.8 Å². The number of nitro groups is 1. The molecule has 0 aromatic carbocycles. The Hall–Kier alpha value is -2.45. The number of fused-ring (bicyclic) bond motifs is 1. The molecule has 0 bridgehead atoms. The van der Waals surface area contributed by atoms with Gasteiger partial charge in [0.25, 0.3) is 0 Å². The van der Waals surface area contributed by atoms with Crippen molar-refractivity contribution in [2.75, 3.05) is 5.32 Å². The van der Waals surface area contributed by atoms with E-state index in [0.717, 1.165) is 24.5 Å². The molecule has 0 saturated carbocycles. The minimum Gasteiger partial charge on any atom is -0.360 e. The predicted molar refractivity (Wildman–Crippen MR) is 89.1 cm³/mol. The smallest absolute Gasteiger partial charge is 0.333 e. The summed E-state index contributed by atoms with van der Waals surface area (Å²) < 4.78 is 3.48. The second-order valence-corrected chi connectivity index (χ2v) is 6.48. The van der Waals surface area contributed by atoms with Gasteiger partial charge < -0.3 is 5.32 Å². The molecule has 1 N–H and O–H groups in total. The first-order chi connectivity index (χ1) is 11.4. The molecule has 130 valence electrons. The van der Waals surface area contributed by atoms with Crippen molar-refractivity contribution in [3.8, 4) is 0 Å². The van der Waals surface area contributed by atoms with Crippen molar-refractivity contribution in [1.82, 2.24) is 24.5 Å². The number of aryl methyl sites for hydroxylation is 3. The van der Waals surface area contributed by atoms with Crippen molar-refractivity contribution in [2.24, 2.45) is 7.05 Å². The van der Waals surface area contributed by atoms with Crippen LogP contribution in [0.4, 0.5) is 11.5 Å². The molecule has 2 aromatic rings. The zero-order valence-corrected chi connectivity index (χ0v) is 14.5. The number of nitrogens with one attached hydrogen (secondary N) is 1. The Bertz CT molecular complexity index is 762. The molecule has 9 heteroatoms. The van der Waals surface area contributed by atoms with Crippen molar-refractivity contribution in [3.63, 3.8) is 0 Å². The van der Waals surface area contributed by atoms with E-state index in [1.54, 1.807) is 11.7 Å². The van der Waals surface area contributed by atoms with Crippen LogP contribution in [0.2, 0.25) is 0 Å². The molecule has 0 saturated heterocycles. The van der Waals surface area contributed by atoms with E-state index in [1.165, 1.54) is 0 Å². The summed E-state index contributed by atoms with van der Waals surface area (Å²) in [6.07, 6.45) is 2.20. The molecular weight excluding hydrogens is 310 g/mol. The Kier molecular flexibility index (Phi) is 4.25. The third kappa shape index (κ3) is 2.85. The van der Waals surface area contributed by atoms with E-state index in [9.17, 15) is 10.1 Å². The van der Waals surface area contributed by atoms with E-state index in [1.807, 2.05) is 11.6 Å². The summed E-state index contributed by atoms with van der Waals surface area (Å²) in [6.45, 7) is 6.67. The third-order valence-corrected chi connectivity index (χ3v) is 4.34. The summed E-state index contributed by atoms with van der Waals surface area (Å²) in [4.78, 5) is 15.6. The highest BCUT2D eigenvalue weighted by Gasteiger charge is 2.29. The minimum atomic E-state index is -0.352. The lowest BCUT2D eigenvalue weighted by atomic mass is 10.1. The topological polar surface area (TPSA) is 104 Å². The zero-order chi connectivity index (χ0) is 17.4. The van der Waals surface area contributed by atoms with Crippen molar-refractivity contribution in [3.05, 3.63) is 27.5 Å². The van der Waals surface area contributed by atoms with Gasteiger partial charge >= 0.3 is 5.69 Å². The normalized spacial score (nSPS) is 17.1. The number of hydrogen-bond acceptors (Lipinski definition) is 6. The molecule has 1 aliphatic heterocycles. The third-order valence-electron chi connectivity index (χ3n) is 4.34. The summed E-state index contributed by atoms with van der Waals surface area (Å²) in [6, 6.07) is 0.0676. The first-order valence-electron chi connectivity index (χ1n) is 8.31. The summed E-state index contributed by atoms with van der Waals surface area (Å²) >= 11 is 0. The molecule has 0 radical (unpaired) electrons. The number of anilines is 1. The molecule has 3 heterocycles. The Morgan fingerprint density at radius 3 is 2.79 bits per heavy atom. The number of rotatable bonds is 5. The van der Waals surface area contributed by atoms with Crippen LogP contribution in [0.5, 0.6) is 0 Å². The fourth-order valence-electron chi connectivity index (χ4n) is 3.04. The van der Waals surface area contributed by atoms with Gasteiger partial charge in [-0.15, -0.1) is 0 Å². The van der Waals surface area contributed by atoms with Crippen LogP contribution in [0, 0.1) is 10.1 Å². The van der Waals surface area contributed by atoms with Gasteiger partial charge in [-0.3, -0.25) is 10.1 Å². The van der Waals surface area contributed by atoms with Gasteiger partial charge in [0.2, 0.25) is 5.82 Å². The van der Waals surface area contributed by atoms with Crippen molar-refractivity contribution in [2.45, 2.75) is 58.5 Å². The lowest BCUT2D eigenvalue weighted by molar-refractivity contribution is -0.384. The number of nitrogens with zero attached hydrogens (tertiary/aromatic N) is 6. The fraction of sp³-hybridized carbons (Fsp3) is 0.667. The van der Waals surface area contributed by atoms with Gasteiger partial charge in [0, 0.05) is 25.4 Å². The Morgan fingerprint density at radius 1 is 1.42 bits per heavy atom. The van der Waals surface area contributed by atoms with Crippen LogP contribution in [0.25, 0.3) is 0 Å². The molecule has 1 aliphatic rings. The zero-order valence-electron chi connectivity index (χ0n) is 14.5. The van der Waals surface area contributed by atoms with Crippen LogP contribution >= 0.6 is 0 Å². The van der Waals surface area contributed by atoms with E-state index in [-0.39, 0.29) is 16.7 Å². The fourth-order valence-corrected chi connectivity index (χ4v) is 3.04. The summed E-state index contributed by atoms with van der Waals surface area (Å²) in [5, 5.41) is 23.5. The first-order valence-corrected chi connectivity index (χ1v) is 8.31. The molecule has 1 atom stereocenters. The van der Waals surface area contributed by atoms with Crippen LogP contribution in [-0.4, -0.2) is 35.5 Å². The lowest BCUT2D eigenvalue weighted by Gasteiger charge is -2.24. The summed E-state index contributed by atoms with van der Waals surface area (Å²) in [7, 11) is 1.73. The molecule has 1 unspecified atom stereocenters. The average molecular weight is 333 g/mol. The first kappa shape index (κ1) is 16.4. The van der Waals surface area contributed by atoms with E-state index >= 15 is 0 Å². The molecule has 0 amide bonds. The van der Waals surface area contributed by atoms with Gasteiger partial charge in [-0.25, -0.2) is 14.3 Å². The Balaban J connectivity index is 1.83. The van der Waals surface area contributed by atoms with Gasteiger partial charge in [0.05, 0.1) is 11.5 Å². The van der Waals surface area contributed by atoms with E-state index in [0.29, 0.717) is 30.4 Å². The van der Waals surface area contributed by atoms with Crippen LogP contribution in [-0.2, 0) is 26.4 Å². The molecule has 0 fully saturated rings. The predicted octanol–water partition coefficient (Wildman–Crippen LogP) is 2.03. The summed E-state index contributed by atoms with van der Waals surface area (Å²) in [5.74, 6) is 2.60. The number of hydrogen-bond donors (Lipinski definition) is 1. The van der Waals surface area contributed by atoms with Gasteiger partial charge in [-0.2, -0.15) is 10.2 Å². The minimum absolute atomic E-state index is 0.0676. The quantitative estimate of drug-likeness (QED) is 0.663. The van der Waals surface area contributed by atoms with Crippen LogP contribution in [0.3, 0.4) is 0 Å². The van der Waals surface area contributed by atoms with Gasteiger partial charge in [0.15, 0.2) is 5.82 Å². The standard InChI is InChI=1S/C15H23N7O2/c1-5-11-13(22(23)24)15(20(4)18-11)16-10-6-7-12-17-14(9(2)3)19-21(12)8-10/h9-10,16H,5-8H2,1-4H3. The van der Waals surface area contributed by atoms with Gasteiger partial charge in [0.1, 0.15) is 11.5 Å². The summed E-state index contributed by atoms with van der Waals surface area (Å²) in [5.41, 5.74) is 0.580. The maximum atomic E-state index is 11.4. The molecule has 9 nitrogen and oxygen atoms in total. The van der Waals surface area contributed by atoms with Crippen LogP contribution in [0.1, 0.15) is 50.5 Å². The molecule has 0 aliphatic carbocycles. The SMILES string of the molecule is CCc1nn(C)c(NC2CCc3nc(C(C)C)nn3C2)c1[N+](=O)[O-]. The van der Waals surface area contributed by atoms with Crippen LogP contribution in [0.15, 0.2) is 0 Å². The lowest BCUT2D eigenvalue weighted by Crippen LogP contribution is -2.32. The Labute approximate surface area is 140 Å². The largest absolute Gasteiger partial charge is 0.360 e. The molecule has 0 spiro atoms. The maximum Gasteiger partial charge on any atom is 0.333 e. The monoisotopic (exact) mass is 333 g/mol. The highest BCUT2D eigenvalue weighted by Crippen LogP contribution is 2.30. The maximum absolute atomic E-state index is 11.4. The van der Waals surface area contributed by atoms with Crippen molar-refractivity contribution in [1.29, 1.82) is 0 Å². The second-order valence-electron chi connectivity index (χ2n) is 6.48. The van der Waals surface area contributed by atoms with Crippen molar-refractivity contribution >= 4 is 11.5 Å². The Morgan fingerprint density at radius 2 is 2.17 bits per heavy atom. The highest BCUT2D eigenvalue weighted by molar-refractivity contribution is 5.60.